The molecule has 0 N–H and O–H groups in total. The predicted octanol–water partition coefficient (Wildman–Crippen LogP) is 17.1. The highest BCUT2D eigenvalue weighted by molar-refractivity contribution is 7.25. The summed E-state index contributed by atoms with van der Waals surface area (Å²) in [6.07, 6.45) is 0. The molecule has 0 bridgehead atoms. The van der Waals surface area contributed by atoms with Crippen LogP contribution >= 0.6 is 11.3 Å². The van der Waals surface area contributed by atoms with Gasteiger partial charge in [-0.2, -0.15) is 0 Å². The number of rotatable bonds is 4. The van der Waals surface area contributed by atoms with E-state index in [4.69, 9.17) is 0 Å². The standard InChI is InChI=1S/C60H37NS/c1-2-15-43(16-3-1)61-56-27-12-10-22-50(56)54-36-38(29-31-57(54)61)40-33-41(39-30-32-59-55(37-39)51-23-11-13-28-58(51)62-59)35-42(34-40)44-25-14-26-53-49-20-7-6-19-47(49)45-17-4-5-18-46(45)48-21-8-9-24-52(48)60(44)53/h1-37H. The minimum atomic E-state index is 1.16. The number of aromatic nitrogens is 1. The van der Waals surface area contributed by atoms with Crippen molar-refractivity contribution in [3.8, 4) is 83.6 Å². The summed E-state index contributed by atoms with van der Waals surface area (Å²) in [5.41, 5.74) is 20.8. The molecular formula is C60H37NS. The number of para-hydroxylation sites is 2. The Morgan fingerprint density at radius 2 is 0.742 bits per heavy atom. The molecule has 1 nitrogen and oxygen atoms in total. The molecule has 2 heteroatoms. The van der Waals surface area contributed by atoms with Crippen molar-refractivity contribution >= 4 is 53.3 Å². The highest BCUT2D eigenvalue weighted by atomic mass is 32.1. The Hall–Kier alpha value is -7.78. The lowest BCUT2D eigenvalue weighted by atomic mass is 9.78. The smallest absolute Gasteiger partial charge is 0.0541 e. The minimum absolute atomic E-state index is 1.16. The van der Waals surface area contributed by atoms with Gasteiger partial charge in [0.1, 0.15) is 0 Å². The van der Waals surface area contributed by atoms with E-state index in [1.807, 2.05) is 11.3 Å². The van der Waals surface area contributed by atoms with Gasteiger partial charge in [-0.15, -0.1) is 11.3 Å². The van der Waals surface area contributed by atoms with E-state index in [-0.39, 0.29) is 0 Å². The Labute approximate surface area is 364 Å². The first-order valence-electron chi connectivity index (χ1n) is 21.3. The summed E-state index contributed by atoms with van der Waals surface area (Å²) in [6, 6.07) is 83.4. The molecular weight excluding hydrogens is 767 g/mol. The fourth-order valence-electron chi connectivity index (χ4n) is 10.2. The maximum absolute atomic E-state index is 2.43. The summed E-state index contributed by atoms with van der Waals surface area (Å²) in [4.78, 5) is 0. The third kappa shape index (κ3) is 5.40. The Morgan fingerprint density at radius 3 is 1.47 bits per heavy atom. The molecule has 1 aliphatic carbocycles. The van der Waals surface area contributed by atoms with Crippen molar-refractivity contribution in [3.63, 3.8) is 0 Å². The van der Waals surface area contributed by atoms with Crippen LogP contribution in [0.4, 0.5) is 0 Å². The minimum Gasteiger partial charge on any atom is -0.309 e. The summed E-state index contributed by atoms with van der Waals surface area (Å²) in [5, 5.41) is 5.11. The van der Waals surface area contributed by atoms with Gasteiger partial charge in [0.25, 0.3) is 0 Å². The second kappa shape index (κ2) is 13.9. The second-order valence-corrected chi connectivity index (χ2v) is 17.5. The van der Waals surface area contributed by atoms with E-state index in [0.29, 0.717) is 0 Å². The molecule has 0 fully saturated rings. The third-order valence-corrected chi connectivity index (χ3v) is 14.1. The van der Waals surface area contributed by atoms with Crippen LogP contribution in [0, 0.1) is 0 Å². The lowest BCUT2D eigenvalue weighted by Crippen LogP contribution is -1.99. The van der Waals surface area contributed by atoms with E-state index >= 15 is 0 Å². The summed E-state index contributed by atoms with van der Waals surface area (Å²) in [7, 11) is 0. The van der Waals surface area contributed by atoms with Gasteiger partial charge in [-0.25, -0.2) is 0 Å². The van der Waals surface area contributed by atoms with Gasteiger partial charge in [0.05, 0.1) is 11.0 Å². The van der Waals surface area contributed by atoms with Crippen LogP contribution in [0.15, 0.2) is 224 Å². The molecule has 10 aromatic carbocycles. The SMILES string of the molecule is c1ccc(-n2c3ccccc3c3cc(-c4cc(-c5ccc6sc7ccccc7c6c5)cc(-c5cccc6c5-c5ccccc5-c5ccccc5-c5ccccc5-6)c4)ccc32)cc1. The molecule has 12 aromatic rings. The molecule has 0 aliphatic heterocycles. The number of benzene rings is 10. The van der Waals surface area contributed by atoms with E-state index < -0.39 is 0 Å². The molecule has 0 spiro atoms. The van der Waals surface area contributed by atoms with Gasteiger partial charge in [-0.05, 0) is 145 Å². The first-order valence-corrected chi connectivity index (χ1v) is 22.1. The van der Waals surface area contributed by atoms with Crippen molar-refractivity contribution in [3.05, 3.63) is 224 Å². The van der Waals surface area contributed by atoms with Crippen molar-refractivity contribution in [2.75, 3.05) is 0 Å². The summed E-state index contributed by atoms with van der Waals surface area (Å²) < 4.78 is 5.03. The maximum Gasteiger partial charge on any atom is 0.0541 e. The fraction of sp³-hybridized carbons (Fsp3) is 0. The summed E-state index contributed by atoms with van der Waals surface area (Å²) >= 11 is 1.87. The maximum atomic E-state index is 2.43. The van der Waals surface area contributed by atoms with Gasteiger partial charge in [0.15, 0.2) is 0 Å². The predicted molar refractivity (Wildman–Crippen MR) is 265 cm³/mol. The normalized spacial score (nSPS) is 11.9. The van der Waals surface area contributed by atoms with Crippen LogP contribution in [0.3, 0.4) is 0 Å². The average molecular weight is 804 g/mol. The first-order chi connectivity index (χ1) is 30.7. The van der Waals surface area contributed by atoms with Gasteiger partial charge in [0.2, 0.25) is 0 Å². The molecule has 0 amide bonds. The van der Waals surface area contributed by atoms with E-state index in [2.05, 4.69) is 229 Å². The van der Waals surface area contributed by atoms with E-state index in [1.54, 1.807) is 0 Å². The van der Waals surface area contributed by atoms with Crippen molar-refractivity contribution in [2.24, 2.45) is 0 Å². The Kier molecular flexibility index (Phi) is 7.85. The molecule has 13 rings (SSSR count). The summed E-state index contributed by atoms with van der Waals surface area (Å²) in [6.45, 7) is 0. The Morgan fingerprint density at radius 1 is 0.258 bits per heavy atom. The summed E-state index contributed by atoms with van der Waals surface area (Å²) in [5.74, 6) is 0. The van der Waals surface area contributed by atoms with Gasteiger partial charge >= 0.3 is 0 Å². The molecule has 62 heavy (non-hydrogen) atoms. The zero-order chi connectivity index (χ0) is 40.7. The van der Waals surface area contributed by atoms with E-state index in [9.17, 15) is 0 Å². The van der Waals surface area contributed by atoms with Crippen LogP contribution < -0.4 is 0 Å². The van der Waals surface area contributed by atoms with Gasteiger partial charge in [-0.3, -0.25) is 0 Å². The van der Waals surface area contributed by atoms with Crippen molar-refractivity contribution in [1.29, 1.82) is 0 Å². The lowest BCUT2D eigenvalue weighted by molar-refractivity contribution is 1.18. The van der Waals surface area contributed by atoms with Crippen molar-refractivity contribution in [1.82, 2.24) is 4.57 Å². The molecule has 0 saturated carbocycles. The largest absolute Gasteiger partial charge is 0.309 e. The van der Waals surface area contributed by atoms with Crippen LogP contribution in [0.5, 0.6) is 0 Å². The Bertz CT molecular complexity index is 3750. The Balaban J connectivity index is 1.09. The topological polar surface area (TPSA) is 4.93 Å². The van der Waals surface area contributed by atoms with Crippen LogP contribution in [0.1, 0.15) is 0 Å². The van der Waals surface area contributed by atoms with E-state index in [0.717, 1.165) is 5.69 Å². The van der Waals surface area contributed by atoms with Gasteiger partial charge < -0.3 is 4.57 Å². The number of hydrogen-bond acceptors (Lipinski definition) is 1. The number of hydrogen-bond donors (Lipinski definition) is 0. The monoisotopic (exact) mass is 803 g/mol. The fourth-order valence-corrected chi connectivity index (χ4v) is 11.3. The molecule has 0 saturated heterocycles. The molecule has 0 radical (unpaired) electrons. The molecule has 288 valence electrons. The highest BCUT2D eigenvalue weighted by Crippen LogP contribution is 2.51. The second-order valence-electron chi connectivity index (χ2n) is 16.4. The quantitative estimate of drug-likeness (QED) is 0.167. The van der Waals surface area contributed by atoms with Gasteiger partial charge in [0, 0.05) is 36.6 Å². The van der Waals surface area contributed by atoms with Crippen molar-refractivity contribution < 1.29 is 0 Å². The number of thiophene rings is 1. The molecule has 2 aromatic heterocycles. The molecule has 0 unspecified atom stereocenters. The van der Waals surface area contributed by atoms with E-state index in [1.165, 1.54) is 120 Å². The first kappa shape index (κ1) is 35.0. The number of fused-ring (bicyclic) bond motifs is 14. The average Bonchev–Trinajstić information content (AvgIpc) is 3.88. The molecule has 1 aliphatic rings. The van der Waals surface area contributed by atoms with Crippen LogP contribution in [0.25, 0.3) is 126 Å². The zero-order valence-corrected chi connectivity index (χ0v) is 34.5. The third-order valence-electron chi connectivity index (χ3n) is 13.0. The van der Waals surface area contributed by atoms with Crippen LogP contribution in [-0.2, 0) is 0 Å². The lowest BCUT2D eigenvalue weighted by Gasteiger charge is -2.25. The zero-order valence-electron chi connectivity index (χ0n) is 33.7. The van der Waals surface area contributed by atoms with Crippen LogP contribution in [0.2, 0.25) is 0 Å². The van der Waals surface area contributed by atoms with Gasteiger partial charge in [-0.1, -0.05) is 158 Å². The molecule has 0 atom stereocenters. The highest BCUT2D eigenvalue weighted by Gasteiger charge is 2.25. The number of nitrogens with zero attached hydrogens (tertiary/aromatic N) is 1. The molecule has 2 heterocycles. The van der Waals surface area contributed by atoms with Crippen LogP contribution in [-0.4, -0.2) is 4.57 Å². The van der Waals surface area contributed by atoms with Crippen molar-refractivity contribution in [2.45, 2.75) is 0 Å².